The summed E-state index contributed by atoms with van der Waals surface area (Å²) >= 11 is 1.86. The summed E-state index contributed by atoms with van der Waals surface area (Å²) < 4.78 is 0. The van der Waals surface area contributed by atoms with E-state index < -0.39 is 0 Å². The van der Waals surface area contributed by atoms with Crippen molar-refractivity contribution in [3.63, 3.8) is 0 Å². The summed E-state index contributed by atoms with van der Waals surface area (Å²) in [5, 5.41) is 3.50. The van der Waals surface area contributed by atoms with Crippen LogP contribution in [0.15, 0.2) is 29.2 Å². The van der Waals surface area contributed by atoms with Gasteiger partial charge in [0.2, 0.25) is 0 Å². The quantitative estimate of drug-likeness (QED) is 0.750. The van der Waals surface area contributed by atoms with Crippen molar-refractivity contribution in [2.45, 2.75) is 49.5 Å². The average Bonchev–Trinajstić information content (AvgIpc) is 2.93. The number of benzene rings is 1. The standard InChI is InChI=1S/C16H25NS/c1-17-15(12-11-13-7-3-4-8-13)14-9-5-6-10-16(14)18-2/h5-6,9-10,13,15,17H,3-4,7-8,11-12H2,1-2H3. The van der Waals surface area contributed by atoms with Crippen LogP contribution in [-0.2, 0) is 0 Å². The minimum atomic E-state index is 0.522. The molecule has 0 spiro atoms. The Balaban J connectivity index is 1.98. The molecule has 0 bridgehead atoms. The Morgan fingerprint density at radius 3 is 2.67 bits per heavy atom. The number of rotatable bonds is 6. The summed E-state index contributed by atoms with van der Waals surface area (Å²) in [5.41, 5.74) is 1.48. The molecule has 1 aliphatic carbocycles. The van der Waals surface area contributed by atoms with E-state index in [2.05, 4.69) is 42.9 Å². The molecule has 1 saturated carbocycles. The summed E-state index contributed by atoms with van der Waals surface area (Å²) in [6.45, 7) is 0. The van der Waals surface area contributed by atoms with Gasteiger partial charge in [0, 0.05) is 10.9 Å². The second-order valence-electron chi connectivity index (χ2n) is 5.31. The van der Waals surface area contributed by atoms with Crippen LogP contribution < -0.4 is 5.32 Å². The number of hydrogen-bond donors (Lipinski definition) is 1. The first kappa shape index (κ1) is 14.0. The zero-order valence-corrected chi connectivity index (χ0v) is 12.4. The van der Waals surface area contributed by atoms with E-state index in [0.717, 1.165) is 5.92 Å². The predicted octanol–water partition coefficient (Wildman–Crippen LogP) is 4.64. The van der Waals surface area contributed by atoms with E-state index in [1.54, 1.807) is 0 Å². The molecule has 1 atom stereocenters. The van der Waals surface area contributed by atoms with Crippen LogP contribution >= 0.6 is 11.8 Å². The Morgan fingerprint density at radius 1 is 1.28 bits per heavy atom. The van der Waals surface area contributed by atoms with Crippen LogP contribution in [0.5, 0.6) is 0 Å². The minimum Gasteiger partial charge on any atom is -0.313 e. The molecule has 0 aromatic heterocycles. The number of thioether (sulfide) groups is 1. The smallest absolute Gasteiger partial charge is 0.0328 e. The predicted molar refractivity (Wildman–Crippen MR) is 81.2 cm³/mol. The van der Waals surface area contributed by atoms with Gasteiger partial charge in [-0.25, -0.2) is 0 Å². The Labute approximate surface area is 116 Å². The van der Waals surface area contributed by atoms with E-state index in [0.29, 0.717) is 6.04 Å². The molecule has 1 unspecified atom stereocenters. The normalized spacial score (nSPS) is 18.1. The van der Waals surface area contributed by atoms with Gasteiger partial charge in [-0.3, -0.25) is 0 Å². The Morgan fingerprint density at radius 2 is 2.00 bits per heavy atom. The van der Waals surface area contributed by atoms with Crippen molar-refractivity contribution in [3.05, 3.63) is 29.8 Å². The first-order valence-corrected chi connectivity index (χ1v) is 8.37. The fraction of sp³-hybridized carbons (Fsp3) is 0.625. The topological polar surface area (TPSA) is 12.0 Å². The van der Waals surface area contributed by atoms with Crippen LogP contribution in [0.3, 0.4) is 0 Å². The van der Waals surface area contributed by atoms with Gasteiger partial charge in [0.25, 0.3) is 0 Å². The zero-order valence-electron chi connectivity index (χ0n) is 11.6. The SMILES string of the molecule is CNC(CCC1CCCC1)c1ccccc1SC. The maximum Gasteiger partial charge on any atom is 0.0328 e. The second kappa shape index (κ2) is 7.20. The minimum absolute atomic E-state index is 0.522. The highest BCUT2D eigenvalue weighted by Crippen LogP contribution is 2.33. The van der Waals surface area contributed by atoms with Crippen molar-refractivity contribution in [2.75, 3.05) is 13.3 Å². The van der Waals surface area contributed by atoms with E-state index in [1.165, 1.54) is 49.0 Å². The zero-order chi connectivity index (χ0) is 12.8. The number of hydrogen-bond acceptors (Lipinski definition) is 2. The largest absolute Gasteiger partial charge is 0.313 e. The highest BCUT2D eigenvalue weighted by Gasteiger charge is 2.18. The molecule has 100 valence electrons. The van der Waals surface area contributed by atoms with Gasteiger partial charge < -0.3 is 5.32 Å². The molecule has 1 aromatic carbocycles. The van der Waals surface area contributed by atoms with E-state index >= 15 is 0 Å². The lowest BCUT2D eigenvalue weighted by Gasteiger charge is -2.21. The van der Waals surface area contributed by atoms with Crippen LogP contribution in [0.1, 0.15) is 50.1 Å². The van der Waals surface area contributed by atoms with Crippen LogP contribution in [0.25, 0.3) is 0 Å². The van der Waals surface area contributed by atoms with Gasteiger partial charge in [-0.1, -0.05) is 43.9 Å². The summed E-state index contributed by atoms with van der Waals surface area (Å²) in [6, 6.07) is 9.34. The average molecular weight is 263 g/mol. The molecule has 1 aromatic rings. The first-order valence-electron chi connectivity index (χ1n) is 7.15. The highest BCUT2D eigenvalue weighted by molar-refractivity contribution is 7.98. The van der Waals surface area contributed by atoms with Crippen molar-refractivity contribution in [1.29, 1.82) is 0 Å². The van der Waals surface area contributed by atoms with E-state index in [9.17, 15) is 0 Å². The monoisotopic (exact) mass is 263 g/mol. The van der Waals surface area contributed by atoms with Crippen molar-refractivity contribution in [2.24, 2.45) is 5.92 Å². The molecule has 0 saturated heterocycles. The van der Waals surface area contributed by atoms with E-state index in [1.807, 2.05) is 11.8 Å². The van der Waals surface area contributed by atoms with Gasteiger partial charge in [0.1, 0.15) is 0 Å². The fourth-order valence-corrected chi connectivity index (χ4v) is 3.77. The van der Waals surface area contributed by atoms with Crippen molar-refractivity contribution in [3.8, 4) is 0 Å². The summed E-state index contributed by atoms with van der Waals surface area (Å²) in [5.74, 6) is 0.988. The van der Waals surface area contributed by atoms with Gasteiger partial charge >= 0.3 is 0 Å². The molecule has 1 fully saturated rings. The highest BCUT2D eigenvalue weighted by atomic mass is 32.2. The van der Waals surface area contributed by atoms with Crippen molar-refractivity contribution < 1.29 is 0 Å². The Kier molecular flexibility index (Phi) is 5.58. The molecule has 0 amide bonds. The van der Waals surface area contributed by atoms with Crippen molar-refractivity contribution in [1.82, 2.24) is 5.32 Å². The molecule has 0 radical (unpaired) electrons. The lowest BCUT2D eigenvalue weighted by molar-refractivity contribution is 0.425. The second-order valence-corrected chi connectivity index (χ2v) is 6.16. The third-order valence-corrected chi connectivity index (χ3v) is 5.01. The summed E-state index contributed by atoms with van der Waals surface area (Å²) in [7, 11) is 2.09. The molecule has 18 heavy (non-hydrogen) atoms. The molecule has 2 heteroatoms. The molecular weight excluding hydrogens is 238 g/mol. The lowest BCUT2D eigenvalue weighted by Crippen LogP contribution is -2.18. The van der Waals surface area contributed by atoms with Gasteiger partial charge in [0.05, 0.1) is 0 Å². The van der Waals surface area contributed by atoms with Gasteiger partial charge in [-0.05, 0) is 43.7 Å². The van der Waals surface area contributed by atoms with Gasteiger partial charge in [0.15, 0.2) is 0 Å². The molecule has 1 nitrogen and oxygen atoms in total. The molecule has 1 N–H and O–H groups in total. The van der Waals surface area contributed by atoms with Crippen LogP contribution in [0.4, 0.5) is 0 Å². The first-order chi connectivity index (χ1) is 8.85. The Hall–Kier alpha value is -0.470. The van der Waals surface area contributed by atoms with Gasteiger partial charge in [-0.2, -0.15) is 0 Å². The van der Waals surface area contributed by atoms with E-state index in [-0.39, 0.29) is 0 Å². The van der Waals surface area contributed by atoms with E-state index in [4.69, 9.17) is 0 Å². The number of nitrogens with one attached hydrogen (secondary N) is 1. The van der Waals surface area contributed by atoms with Gasteiger partial charge in [-0.15, -0.1) is 11.8 Å². The third kappa shape index (κ3) is 3.52. The third-order valence-electron chi connectivity index (χ3n) is 4.20. The molecule has 0 aliphatic heterocycles. The lowest BCUT2D eigenvalue weighted by atomic mass is 9.95. The van der Waals surface area contributed by atoms with Crippen molar-refractivity contribution >= 4 is 11.8 Å². The molecule has 1 aliphatic rings. The molecule has 2 rings (SSSR count). The fourth-order valence-electron chi connectivity index (χ4n) is 3.11. The van der Waals surface area contributed by atoms with Crippen LogP contribution in [0.2, 0.25) is 0 Å². The summed E-state index contributed by atoms with van der Waals surface area (Å²) in [4.78, 5) is 1.42. The van der Waals surface area contributed by atoms with Crippen LogP contribution in [0, 0.1) is 5.92 Å². The maximum absolute atomic E-state index is 3.50. The summed E-state index contributed by atoms with van der Waals surface area (Å²) in [6.07, 6.45) is 10.7. The molecule has 0 heterocycles. The van der Waals surface area contributed by atoms with Crippen LogP contribution in [-0.4, -0.2) is 13.3 Å². The Bertz CT molecular complexity index is 358. The maximum atomic E-state index is 3.50. The molecular formula is C16H25NS.